The smallest absolute Gasteiger partial charge is 0.311 e. The third-order valence-electron chi connectivity index (χ3n) is 3.92. The molecular formula is C11H18N4O5S. The highest BCUT2D eigenvalue weighted by Crippen LogP contribution is 2.33. The molecule has 1 aliphatic heterocycles. The van der Waals surface area contributed by atoms with E-state index in [2.05, 4.69) is 15.5 Å². The molecule has 1 fully saturated rings. The molecule has 0 bridgehead atoms. The first-order chi connectivity index (χ1) is 9.76. The topological polar surface area (TPSA) is 124 Å². The number of hydrogen-bond acceptors (Lipinski definition) is 7. The molecule has 1 aromatic rings. The monoisotopic (exact) mass is 318 g/mol. The molecule has 1 aliphatic rings. The quantitative estimate of drug-likeness (QED) is 0.782. The molecule has 2 heterocycles. The second kappa shape index (κ2) is 5.68. The molecule has 0 radical (unpaired) electrons. The Bertz CT molecular complexity index is 620. The van der Waals surface area contributed by atoms with Crippen LogP contribution < -0.4 is 0 Å². The Kier molecular flexibility index (Phi) is 4.28. The molecule has 1 saturated heterocycles. The van der Waals surface area contributed by atoms with E-state index in [1.807, 2.05) is 0 Å². The van der Waals surface area contributed by atoms with Crippen LogP contribution in [-0.4, -0.2) is 59.2 Å². The van der Waals surface area contributed by atoms with Gasteiger partial charge < -0.3 is 9.84 Å². The Morgan fingerprint density at radius 2 is 2.10 bits per heavy atom. The molecule has 0 amide bonds. The van der Waals surface area contributed by atoms with Gasteiger partial charge in [-0.3, -0.25) is 4.79 Å². The van der Waals surface area contributed by atoms with Gasteiger partial charge in [-0.1, -0.05) is 0 Å². The number of carboxylic acid groups (broad SMARTS) is 1. The number of ether oxygens (including phenoxy) is 1. The van der Waals surface area contributed by atoms with Gasteiger partial charge in [-0.05, 0) is 30.2 Å². The van der Waals surface area contributed by atoms with E-state index in [0.29, 0.717) is 26.1 Å². The van der Waals surface area contributed by atoms with Crippen molar-refractivity contribution in [1.29, 1.82) is 0 Å². The molecule has 2 rings (SSSR count). The number of rotatable bonds is 5. The number of tetrazole rings is 1. The van der Waals surface area contributed by atoms with Crippen molar-refractivity contribution in [3.8, 4) is 0 Å². The van der Waals surface area contributed by atoms with E-state index in [-0.39, 0.29) is 12.4 Å². The SMILES string of the molecule is CC(c1nnnn1CC1(C(=O)O)CCOCC1)S(C)(=O)=O. The Balaban J connectivity index is 2.31. The zero-order valence-electron chi connectivity index (χ0n) is 11.9. The van der Waals surface area contributed by atoms with Gasteiger partial charge in [0.2, 0.25) is 0 Å². The van der Waals surface area contributed by atoms with Gasteiger partial charge in [0.1, 0.15) is 5.25 Å². The predicted molar refractivity (Wildman–Crippen MR) is 71.2 cm³/mol. The van der Waals surface area contributed by atoms with Crippen LogP contribution in [0.4, 0.5) is 0 Å². The van der Waals surface area contributed by atoms with Crippen molar-refractivity contribution in [2.75, 3.05) is 19.5 Å². The maximum atomic E-state index is 11.6. The van der Waals surface area contributed by atoms with Gasteiger partial charge in [0, 0.05) is 19.5 Å². The first-order valence-corrected chi connectivity index (χ1v) is 8.48. The van der Waals surface area contributed by atoms with Crippen LogP contribution in [0.15, 0.2) is 0 Å². The zero-order valence-corrected chi connectivity index (χ0v) is 12.7. The largest absolute Gasteiger partial charge is 0.481 e. The minimum Gasteiger partial charge on any atom is -0.481 e. The van der Waals surface area contributed by atoms with Crippen LogP contribution >= 0.6 is 0 Å². The van der Waals surface area contributed by atoms with E-state index in [1.54, 1.807) is 0 Å². The fourth-order valence-corrected chi connectivity index (χ4v) is 2.85. The van der Waals surface area contributed by atoms with Gasteiger partial charge in [-0.25, -0.2) is 13.1 Å². The third-order valence-corrected chi connectivity index (χ3v) is 5.42. The van der Waals surface area contributed by atoms with Gasteiger partial charge in [0.15, 0.2) is 15.7 Å². The van der Waals surface area contributed by atoms with Crippen LogP contribution in [0.5, 0.6) is 0 Å². The van der Waals surface area contributed by atoms with E-state index >= 15 is 0 Å². The molecule has 0 saturated carbocycles. The van der Waals surface area contributed by atoms with Gasteiger partial charge in [-0.2, -0.15) is 0 Å². The summed E-state index contributed by atoms with van der Waals surface area (Å²) in [6.07, 6.45) is 1.78. The molecule has 1 aromatic heterocycles. The molecule has 21 heavy (non-hydrogen) atoms. The number of aliphatic carboxylic acids is 1. The lowest BCUT2D eigenvalue weighted by molar-refractivity contribution is -0.156. The lowest BCUT2D eigenvalue weighted by atomic mass is 9.80. The molecular weight excluding hydrogens is 300 g/mol. The summed E-state index contributed by atoms with van der Waals surface area (Å²) in [5, 5.41) is 19.6. The average Bonchev–Trinajstić information content (AvgIpc) is 2.85. The maximum Gasteiger partial charge on any atom is 0.311 e. The summed E-state index contributed by atoms with van der Waals surface area (Å²) >= 11 is 0. The van der Waals surface area contributed by atoms with Crippen LogP contribution in [0.2, 0.25) is 0 Å². The first kappa shape index (κ1) is 15.8. The summed E-state index contributed by atoms with van der Waals surface area (Å²) in [4.78, 5) is 11.6. The van der Waals surface area contributed by atoms with Crippen molar-refractivity contribution in [1.82, 2.24) is 20.2 Å². The van der Waals surface area contributed by atoms with Crippen LogP contribution in [-0.2, 0) is 25.9 Å². The second-order valence-corrected chi connectivity index (χ2v) is 7.73. The first-order valence-electron chi connectivity index (χ1n) is 6.52. The van der Waals surface area contributed by atoms with E-state index < -0.39 is 26.5 Å². The highest BCUT2D eigenvalue weighted by Gasteiger charge is 2.42. The fraction of sp³-hybridized carbons (Fsp3) is 0.818. The lowest BCUT2D eigenvalue weighted by Crippen LogP contribution is -2.41. The maximum absolute atomic E-state index is 11.6. The van der Waals surface area contributed by atoms with Crippen molar-refractivity contribution in [2.24, 2.45) is 5.41 Å². The number of hydrogen-bond donors (Lipinski definition) is 1. The number of carboxylic acids is 1. The fourth-order valence-electron chi connectivity index (χ4n) is 2.30. The van der Waals surface area contributed by atoms with Gasteiger partial charge in [0.25, 0.3) is 0 Å². The van der Waals surface area contributed by atoms with Crippen molar-refractivity contribution < 1.29 is 23.1 Å². The Morgan fingerprint density at radius 3 is 2.62 bits per heavy atom. The summed E-state index contributed by atoms with van der Waals surface area (Å²) in [6, 6.07) is 0. The van der Waals surface area contributed by atoms with Gasteiger partial charge >= 0.3 is 5.97 Å². The molecule has 10 heteroatoms. The predicted octanol–water partition coefficient (Wildman–Crippen LogP) is -0.340. The molecule has 0 aliphatic carbocycles. The average molecular weight is 318 g/mol. The number of sulfone groups is 1. The lowest BCUT2D eigenvalue weighted by Gasteiger charge is -2.33. The van der Waals surface area contributed by atoms with E-state index in [4.69, 9.17) is 4.74 Å². The summed E-state index contributed by atoms with van der Waals surface area (Å²) < 4.78 is 29.8. The van der Waals surface area contributed by atoms with Crippen LogP contribution in [0.25, 0.3) is 0 Å². The molecule has 118 valence electrons. The third kappa shape index (κ3) is 3.21. The van der Waals surface area contributed by atoms with Gasteiger partial charge in [0.05, 0.1) is 12.0 Å². The van der Waals surface area contributed by atoms with Crippen molar-refractivity contribution in [3.05, 3.63) is 5.82 Å². The van der Waals surface area contributed by atoms with Crippen LogP contribution in [0.3, 0.4) is 0 Å². The van der Waals surface area contributed by atoms with Crippen LogP contribution in [0, 0.1) is 5.41 Å². The molecule has 1 N–H and O–H groups in total. The minimum atomic E-state index is -3.36. The summed E-state index contributed by atoms with van der Waals surface area (Å²) in [5.74, 6) is -0.788. The minimum absolute atomic E-state index is 0.0356. The molecule has 0 spiro atoms. The van der Waals surface area contributed by atoms with E-state index in [9.17, 15) is 18.3 Å². The standard InChI is InChI=1S/C11H18N4O5S/c1-8(21(2,18)19)9-12-13-14-15(9)7-11(10(16)17)3-5-20-6-4-11/h8H,3-7H2,1-2H3,(H,16,17). The van der Waals surface area contributed by atoms with Crippen LogP contribution in [0.1, 0.15) is 30.8 Å². The normalized spacial score (nSPS) is 20.1. The Morgan fingerprint density at radius 1 is 1.48 bits per heavy atom. The number of aromatic nitrogens is 4. The van der Waals surface area contributed by atoms with E-state index in [0.717, 1.165) is 6.26 Å². The summed E-state index contributed by atoms with van der Waals surface area (Å²) in [6.45, 7) is 2.22. The highest BCUT2D eigenvalue weighted by molar-refractivity contribution is 7.90. The number of nitrogens with zero attached hydrogens (tertiary/aromatic N) is 4. The summed E-state index contributed by atoms with van der Waals surface area (Å²) in [5.41, 5.74) is -1.03. The van der Waals surface area contributed by atoms with Crippen molar-refractivity contribution in [2.45, 2.75) is 31.6 Å². The van der Waals surface area contributed by atoms with Gasteiger partial charge in [-0.15, -0.1) is 5.10 Å². The molecule has 1 atom stereocenters. The van der Waals surface area contributed by atoms with E-state index in [1.165, 1.54) is 11.6 Å². The second-order valence-electron chi connectivity index (χ2n) is 5.36. The van der Waals surface area contributed by atoms with Crippen molar-refractivity contribution in [3.63, 3.8) is 0 Å². The molecule has 1 unspecified atom stereocenters. The number of carbonyl (C=O) groups is 1. The highest BCUT2D eigenvalue weighted by atomic mass is 32.2. The Labute approximate surface area is 122 Å². The molecule has 0 aromatic carbocycles. The molecule has 9 nitrogen and oxygen atoms in total. The summed E-state index contributed by atoms with van der Waals surface area (Å²) in [7, 11) is -3.36. The van der Waals surface area contributed by atoms with Crippen molar-refractivity contribution >= 4 is 15.8 Å². The zero-order chi connectivity index (χ0) is 15.7. The Hall–Kier alpha value is -1.55.